The first-order valence-electron chi connectivity index (χ1n) is 6.59. The van der Waals surface area contributed by atoms with Gasteiger partial charge in [-0.2, -0.15) is 13.2 Å². The van der Waals surface area contributed by atoms with Crippen LogP contribution in [0.3, 0.4) is 0 Å². The molecule has 2 aromatic rings. The van der Waals surface area contributed by atoms with Crippen LogP contribution in [0.2, 0.25) is 0 Å². The maximum absolute atomic E-state index is 12.5. The molecule has 2 nitrogen and oxygen atoms in total. The van der Waals surface area contributed by atoms with Crippen LogP contribution in [0.15, 0.2) is 30.5 Å². The molecule has 1 aliphatic carbocycles. The zero-order valence-corrected chi connectivity index (χ0v) is 11.8. The summed E-state index contributed by atoms with van der Waals surface area (Å²) in [6.07, 6.45) is -1.38. The van der Waals surface area contributed by atoms with Gasteiger partial charge in [0.15, 0.2) is 10.8 Å². The summed E-state index contributed by atoms with van der Waals surface area (Å²) >= 11 is 0.437. The molecule has 1 heterocycles. The predicted octanol–water partition coefficient (Wildman–Crippen LogP) is 4.15. The van der Waals surface area contributed by atoms with Gasteiger partial charge in [0.25, 0.3) is 0 Å². The second-order valence-corrected chi connectivity index (χ2v) is 6.13. The van der Waals surface area contributed by atoms with Gasteiger partial charge in [-0.3, -0.25) is 4.79 Å². The second-order valence-electron chi connectivity index (χ2n) is 5.10. The van der Waals surface area contributed by atoms with Gasteiger partial charge < -0.3 is 0 Å². The van der Waals surface area contributed by atoms with E-state index in [-0.39, 0.29) is 16.6 Å². The van der Waals surface area contributed by atoms with E-state index in [9.17, 15) is 18.0 Å². The van der Waals surface area contributed by atoms with Crippen molar-refractivity contribution in [3.8, 4) is 0 Å². The summed E-state index contributed by atoms with van der Waals surface area (Å²) in [7, 11) is 0. The normalized spacial score (nSPS) is 18.3. The van der Waals surface area contributed by atoms with Gasteiger partial charge in [-0.15, -0.1) is 11.3 Å². The summed E-state index contributed by atoms with van der Waals surface area (Å²) in [5, 5.41) is -0.956. The number of alkyl halides is 3. The summed E-state index contributed by atoms with van der Waals surface area (Å²) < 4.78 is 37.6. The lowest BCUT2D eigenvalue weighted by molar-refractivity contribution is -0.137. The minimum atomic E-state index is -4.48. The molecule has 1 aromatic carbocycles. The van der Waals surface area contributed by atoms with Crippen LogP contribution in [0, 0.1) is 5.92 Å². The molecule has 0 N–H and O–H groups in total. The summed E-state index contributed by atoms with van der Waals surface area (Å²) in [6.45, 7) is 0. The maximum Gasteiger partial charge on any atom is 0.443 e. The minimum absolute atomic E-state index is 0.103. The number of rotatable bonds is 2. The highest BCUT2D eigenvalue weighted by molar-refractivity contribution is 7.13. The molecule has 0 spiro atoms. The third-order valence-corrected chi connectivity index (χ3v) is 4.77. The third-order valence-electron chi connectivity index (χ3n) is 3.71. The molecular weight excluding hydrogens is 299 g/mol. The Morgan fingerprint density at radius 3 is 2.62 bits per heavy atom. The van der Waals surface area contributed by atoms with E-state index < -0.39 is 11.2 Å². The molecule has 3 rings (SSSR count). The van der Waals surface area contributed by atoms with Crippen LogP contribution in [-0.2, 0) is 19.0 Å². The molecule has 0 aliphatic heterocycles. The SMILES string of the molecule is O=C(c1cnc(C(F)(F)F)s1)C1CCc2ccccc2C1. The molecule has 0 saturated carbocycles. The number of carbonyl (C=O) groups excluding carboxylic acids is 1. The molecule has 0 saturated heterocycles. The Hall–Kier alpha value is -1.69. The van der Waals surface area contributed by atoms with Crippen LogP contribution in [-0.4, -0.2) is 10.8 Å². The van der Waals surface area contributed by atoms with Crippen molar-refractivity contribution in [1.29, 1.82) is 0 Å². The van der Waals surface area contributed by atoms with Crippen molar-refractivity contribution >= 4 is 17.1 Å². The van der Waals surface area contributed by atoms with E-state index in [2.05, 4.69) is 4.98 Å². The van der Waals surface area contributed by atoms with E-state index >= 15 is 0 Å². The van der Waals surface area contributed by atoms with E-state index in [4.69, 9.17) is 0 Å². The number of Topliss-reactive ketones (excluding diaryl/α,β-unsaturated/α-hetero) is 1. The standard InChI is InChI=1S/C15H12F3NOS/c16-15(17,18)14-19-8-12(21-14)13(20)11-6-5-9-3-1-2-4-10(9)7-11/h1-4,8,11H,5-7H2. The van der Waals surface area contributed by atoms with Crippen LogP contribution in [0.5, 0.6) is 0 Å². The smallest absolute Gasteiger partial charge is 0.293 e. The molecule has 0 radical (unpaired) electrons. The fourth-order valence-corrected chi connectivity index (χ4v) is 3.44. The third kappa shape index (κ3) is 2.85. The maximum atomic E-state index is 12.5. The van der Waals surface area contributed by atoms with Gasteiger partial charge in [-0.1, -0.05) is 24.3 Å². The number of carbonyl (C=O) groups is 1. The van der Waals surface area contributed by atoms with Crippen molar-refractivity contribution in [2.24, 2.45) is 5.92 Å². The van der Waals surface area contributed by atoms with Crippen molar-refractivity contribution in [3.05, 3.63) is 51.5 Å². The Morgan fingerprint density at radius 2 is 1.95 bits per heavy atom. The summed E-state index contributed by atoms with van der Waals surface area (Å²) in [5.74, 6) is -0.473. The molecule has 1 aliphatic rings. The Morgan fingerprint density at radius 1 is 1.24 bits per heavy atom. The molecule has 0 bridgehead atoms. The molecule has 110 valence electrons. The van der Waals surface area contributed by atoms with Crippen molar-refractivity contribution < 1.29 is 18.0 Å². The van der Waals surface area contributed by atoms with Crippen molar-refractivity contribution in [3.63, 3.8) is 0 Å². The highest BCUT2D eigenvalue weighted by atomic mass is 32.1. The lowest BCUT2D eigenvalue weighted by Gasteiger charge is -2.22. The molecule has 0 amide bonds. The zero-order valence-electron chi connectivity index (χ0n) is 11.0. The molecule has 1 unspecified atom stereocenters. The van der Waals surface area contributed by atoms with Gasteiger partial charge >= 0.3 is 6.18 Å². The Bertz CT molecular complexity index is 678. The second kappa shape index (κ2) is 5.26. The number of fused-ring (bicyclic) bond motifs is 1. The molecule has 0 fully saturated rings. The van der Waals surface area contributed by atoms with E-state index in [1.165, 1.54) is 5.56 Å². The number of thiazole rings is 1. The number of ketones is 1. The zero-order chi connectivity index (χ0) is 15.0. The average molecular weight is 311 g/mol. The van der Waals surface area contributed by atoms with Crippen LogP contribution < -0.4 is 0 Å². The monoisotopic (exact) mass is 311 g/mol. The summed E-state index contributed by atoms with van der Waals surface area (Å²) in [4.78, 5) is 15.8. The molecular formula is C15H12F3NOS. The number of halogens is 3. The van der Waals surface area contributed by atoms with Crippen LogP contribution in [0.4, 0.5) is 13.2 Å². The summed E-state index contributed by atoms with van der Waals surface area (Å²) in [6, 6.07) is 7.88. The summed E-state index contributed by atoms with van der Waals surface area (Å²) in [5.41, 5.74) is 2.34. The number of aryl methyl sites for hydroxylation is 1. The highest BCUT2D eigenvalue weighted by Crippen LogP contribution is 2.34. The Kier molecular flexibility index (Phi) is 3.57. The van der Waals surface area contributed by atoms with Crippen molar-refractivity contribution in [2.45, 2.75) is 25.4 Å². The van der Waals surface area contributed by atoms with Crippen LogP contribution >= 0.6 is 11.3 Å². The molecule has 1 atom stereocenters. The fourth-order valence-electron chi connectivity index (χ4n) is 2.64. The van der Waals surface area contributed by atoms with E-state index in [1.807, 2.05) is 24.3 Å². The minimum Gasteiger partial charge on any atom is -0.293 e. The first-order valence-corrected chi connectivity index (χ1v) is 7.41. The number of hydrogen-bond acceptors (Lipinski definition) is 3. The van der Waals surface area contributed by atoms with Crippen LogP contribution in [0.25, 0.3) is 0 Å². The largest absolute Gasteiger partial charge is 0.443 e. The molecule has 1 aromatic heterocycles. The van der Waals surface area contributed by atoms with Crippen LogP contribution in [0.1, 0.15) is 32.2 Å². The lowest BCUT2D eigenvalue weighted by atomic mass is 9.81. The van der Waals surface area contributed by atoms with Crippen molar-refractivity contribution in [2.75, 3.05) is 0 Å². The number of benzene rings is 1. The highest BCUT2D eigenvalue weighted by Gasteiger charge is 2.36. The average Bonchev–Trinajstić information content (AvgIpc) is 2.96. The molecule has 21 heavy (non-hydrogen) atoms. The lowest BCUT2D eigenvalue weighted by Crippen LogP contribution is -2.22. The first kappa shape index (κ1) is 14.3. The molecule has 6 heteroatoms. The topological polar surface area (TPSA) is 30.0 Å². The van der Waals surface area contributed by atoms with Gasteiger partial charge in [0, 0.05) is 12.1 Å². The van der Waals surface area contributed by atoms with Gasteiger partial charge in [-0.05, 0) is 30.4 Å². The number of aromatic nitrogens is 1. The van der Waals surface area contributed by atoms with Gasteiger partial charge in [0.2, 0.25) is 0 Å². The van der Waals surface area contributed by atoms with Gasteiger partial charge in [-0.25, -0.2) is 4.98 Å². The first-order chi connectivity index (χ1) is 9.95. The fraction of sp³-hybridized carbons (Fsp3) is 0.333. The number of hydrogen-bond donors (Lipinski definition) is 0. The Labute approximate surface area is 123 Å². The van der Waals surface area contributed by atoms with Gasteiger partial charge in [0.05, 0.1) is 4.88 Å². The predicted molar refractivity (Wildman–Crippen MR) is 73.4 cm³/mol. The van der Waals surface area contributed by atoms with Crippen molar-refractivity contribution in [1.82, 2.24) is 4.98 Å². The Balaban J connectivity index is 1.79. The van der Waals surface area contributed by atoms with E-state index in [0.717, 1.165) is 18.2 Å². The van der Waals surface area contributed by atoms with Gasteiger partial charge in [0.1, 0.15) is 0 Å². The van der Waals surface area contributed by atoms with E-state index in [1.54, 1.807) is 0 Å². The van der Waals surface area contributed by atoms with E-state index in [0.29, 0.717) is 24.2 Å². The quantitative estimate of drug-likeness (QED) is 0.780. The number of nitrogens with zero attached hydrogens (tertiary/aromatic N) is 1.